The molecule has 0 saturated carbocycles. The van der Waals surface area contributed by atoms with Crippen molar-refractivity contribution in [2.75, 3.05) is 18.5 Å². The van der Waals surface area contributed by atoms with E-state index in [4.69, 9.17) is 26.3 Å². The van der Waals surface area contributed by atoms with Crippen molar-refractivity contribution in [3.63, 3.8) is 0 Å². The molecular formula is C15H15ClN2O4. The first kappa shape index (κ1) is 17.5. The Hall–Kier alpha value is -2.52. The maximum atomic E-state index is 11.7. The van der Waals surface area contributed by atoms with Crippen LogP contribution in [0.25, 0.3) is 0 Å². The highest BCUT2D eigenvalue weighted by Gasteiger charge is 2.13. The Morgan fingerprint density at radius 1 is 1.32 bits per heavy atom. The van der Waals surface area contributed by atoms with E-state index in [2.05, 4.69) is 5.32 Å². The molecule has 0 aliphatic heterocycles. The first-order valence-electron chi connectivity index (χ1n) is 6.54. The number of rotatable bonds is 6. The summed E-state index contributed by atoms with van der Waals surface area (Å²) >= 11 is 5.94. The summed E-state index contributed by atoms with van der Waals surface area (Å²) in [6, 6.07) is 6.31. The molecule has 0 atom stereocenters. The van der Waals surface area contributed by atoms with E-state index in [-0.39, 0.29) is 29.4 Å². The minimum atomic E-state index is -0.725. The van der Waals surface area contributed by atoms with Gasteiger partial charge in [0.1, 0.15) is 6.07 Å². The van der Waals surface area contributed by atoms with Crippen LogP contribution in [0.5, 0.6) is 0 Å². The molecule has 1 N–H and O–H groups in total. The van der Waals surface area contributed by atoms with Gasteiger partial charge in [0.05, 0.1) is 23.8 Å². The number of hydrogen-bond donors (Lipinski definition) is 1. The maximum Gasteiger partial charge on any atom is 0.350 e. The fraction of sp³-hybridized carbons (Fsp3) is 0.267. The Morgan fingerprint density at radius 3 is 2.59 bits per heavy atom. The van der Waals surface area contributed by atoms with E-state index in [0.29, 0.717) is 5.69 Å². The highest BCUT2D eigenvalue weighted by molar-refractivity contribution is 6.33. The average Bonchev–Trinajstić information content (AvgIpc) is 2.50. The number of anilines is 1. The summed E-state index contributed by atoms with van der Waals surface area (Å²) < 4.78 is 9.62. The van der Waals surface area contributed by atoms with Crippen LogP contribution in [0.4, 0.5) is 5.69 Å². The zero-order valence-corrected chi connectivity index (χ0v) is 12.9. The lowest BCUT2D eigenvalue weighted by atomic mass is 10.2. The third-order valence-corrected chi connectivity index (χ3v) is 2.79. The summed E-state index contributed by atoms with van der Waals surface area (Å²) in [5, 5.41) is 11.9. The zero-order valence-electron chi connectivity index (χ0n) is 12.2. The van der Waals surface area contributed by atoms with Crippen molar-refractivity contribution < 1.29 is 19.1 Å². The minimum absolute atomic E-state index is 0.172. The Kier molecular flexibility index (Phi) is 6.93. The predicted molar refractivity (Wildman–Crippen MR) is 81.4 cm³/mol. The fourth-order valence-electron chi connectivity index (χ4n) is 1.48. The molecule has 116 valence electrons. The van der Waals surface area contributed by atoms with Gasteiger partial charge in [-0.3, -0.25) is 0 Å². The lowest BCUT2D eigenvalue weighted by Gasteiger charge is -2.07. The lowest BCUT2D eigenvalue weighted by molar-refractivity contribution is -0.138. The SMILES string of the molecule is CCOC(=O)/C(C#N)=C\Nc1ccc(Cl)c(C(=O)OCC)c1. The second-order valence-electron chi connectivity index (χ2n) is 3.95. The van der Waals surface area contributed by atoms with Crippen molar-refractivity contribution in [3.05, 3.63) is 40.6 Å². The summed E-state index contributed by atoms with van der Waals surface area (Å²) in [7, 11) is 0. The second kappa shape index (κ2) is 8.70. The molecule has 0 aromatic heterocycles. The van der Waals surface area contributed by atoms with Gasteiger partial charge >= 0.3 is 11.9 Å². The summed E-state index contributed by atoms with van der Waals surface area (Å²) in [6.07, 6.45) is 1.20. The van der Waals surface area contributed by atoms with Gasteiger partial charge in [0.15, 0.2) is 5.57 Å². The third kappa shape index (κ3) is 4.79. The molecule has 0 spiro atoms. The summed E-state index contributed by atoms with van der Waals surface area (Å²) in [5.41, 5.74) is 0.482. The van der Waals surface area contributed by atoms with Crippen LogP contribution in [-0.2, 0) is 14.3 Å². The molecule has 1 aromatic rings. The number of hydrogen-bond acceptors (Lipinski definition) is 6. The van der Waals surface area contributed by atoms with Gasteiger partial charge in [-0.2, -0.15) is 5.26 Å². The van der Waals surface area contributed by atoms with Crippen LogP contribution in [0.1, 0.15) is 24.2 Å². The van der Waals surface area contributed by atoms with E-state index in [1.165, 1.54) is 18.3 Å². The van der Waals surface area contributed by atoms with Crippen LogP contribution >= 0.6 is 11.6 Å². The van der Waals surface area contributed by atoms with E-state index in [1.807, 2.05) is 0 Å². The van der Waals surface area contributed by atoms with Crippen LogP contribution in [0.15, 0.2) is 30.0 Å². The maximum absolute atomic E-state index is 11.7. The number of nitriles is 1. The first-order valence-corrected chi connectivity index (χ1v) is 6.91. The van der Waals surface area contributed by atoms with Gasteiger partial charge in [-0.15, -0.1) is 0 Å². The van der Waals surface area contributed by atoms with Gasteiger partial charge in [0.2, 0.25) is 0 Å². The van der Waals surface area contributed by atoms with Crippen molar-refractivity contribution in [3.8, 4) is 6.07 Å². The zero-order chi connectivity index (χ0) is 16.5. The van der Waals surface area contributed by atoms with E-state index >= 15 is 0 Å². The number of nitrogens with zero attached hydrogens (tertiary/aromatic N) is 1. The standard InChI is InChI=1S/C15H15ClN2O4/c1-3-21-14(19)10(8-17)9-18-11-5-6-13(16)12(7-11)15(20)22-4-2/h5-7,9,18H,3-4H2,1-2H3/b10-9-. The number of carbonyl (C=O) groups excluding carboxylic acids is 2. The van der Waals surface area contributed by atoms with E-state index in [1.54, 1.807) is 26.0 Å². The monoisotopic (exact) mass is 322 g/mol. The van der Waals surface area contributed by atoms with Crippen molar-refractivity contribution >= 4 is 29.2 Å². The highest BCUT2D eigenvalue weighted by Crippen LogP contribution is 2.21. The van der Waals surface area contributed by atoms with Crippen molar-refractivity contribution in [1.82, 2.24) is 0 Å². The topological polar surface area (TPSA) is 88.4 Å². The molecule has 1 rings (SSSR count). The molecule has 22 heavy (non-hydrogen) atoms. The third-order valence-electron chi connectivity index (χ3n) is 2.46. The number of benzene rings is 1. The lowest BCUT2D eigenvalue weighted by Crippen LogP contribution is -2.08. The number of ether oxygens (including phenoxy) is 2. The molecule has 0 amide bonds. The number of nitrogens with one attached hydrogen (secondary N) is 1. The number of esters is 2. The molecule has 0 heterocycles. The van der Waals surface area contributed by atoms with Gasteiger partial charge in [0.25, 0.3) is 0 Å². The molecule has 7 heteroatoms. The van der Waals surface area contributed by atoms with Gasteiger partial charge in [0, 0.05) is 11.9 Å². The van der Waals surface area contributed by atoms with E-state index in [0.717, 1.165) is 0 Å². The molecule has 0 unspecified atom stereocenters. The average molecular weight is 323 g/mol. The fourth-order valence-corrected chi connectivity index (χ4v) is 1.68. The Bertz CT molecular complexity index is 635. The molecule has 0 radical (unpaired) electrons. The molecule has 0 saturated heterocycles. The predicted octanol–water partition coefficient (Wildman–Crippen LogP) is 2.90. The first-order chi connectivity index (χ1) is 10.5. The van der Waals surface area contributed by atoms with Crippen LogP contribution in [-0.4, -0.2) is 25.2 Å². The summed E-state index contributed by atoms with van der Waals surface area (Å²) in [4.78, 5) is 23.2. The van der Waals surface area contributed by atoms with Gasteiger partial charge < -0.3 is 14.8 Å². The number of carbonyl (C=O) groups is 2. The van der Waals surface area contributed by atoms with E-state index < -0.39 is 11.9 Å². The number of halogens is 1. The molecule has 0 bridgehead atoms. The quantitative estimate of drug-likeness (QED) is 0.492. The molecular weight excluding hydrogens is 308 g/mol. The van der Waals surface area contributed by atoms with Gasteiger partial charge in [-0.1, -0.05) is 11.6 Å². The smallest absolute Gasteiger partial charge is 0.350 e. The molecule has 1 aromatic carbocycles. The second-order valence-corrected chi connectivity index (χ2v) is 4.36. The van der Waals surface area contributed by atoms with Crippen LogP contribution in [0.2, 0.25) is 5.02 Å². The van der Waals surface area contributed by atoms with Crippen molar-refractivity contribution in [1.29, 1.82) is 5.26 Å². The summed E-state index contributed by atoms with van der Waals surface area (Å²) in [6.45, 7) is 3.74. The normalized spacial score (nSPS) is 10.5. The van der Waals surface area contributed by atoms with Crippen LogP contribution in [0, 0.1) is 11.3 Å². The van der Waals surface area contributed by atoms with Crippen LogP contribution in [0.3, 0.4) is 0 Å². The van der Waals surface area contributed by atoms with Gasteiger partial charge in [-0.25, -0.2) is 9.59 Å². The van der Waals surface area contributed by atoms with Crippen LogP contribution < -0.4 is 5.32 Å². The van der Waals surface area contributed by atoms with Crippen molar-refractivity contribution in [2.24, 2.45) is 0 Å². The highest BCUT2D eigenvalue weighted by atomic mass is 35.5. The molecule has 6 nitrogen and oxygen atoms in total. The molecule has 0 fully saturated rings. The van der Waals surface area contributed by atoms with E-state index in [9.17, 15) is 9.59 Å². The van der Waals surface area contributed by atoms with Gasteiger partial charge in [-0.05, 0) is 32.0 Å². The Morgan fingerprint density at radius 2 is 2.00 bits per heavy atom. The molecule has 0 aliphatic rings. The Labute approximate surface area is 133 Å². The minimum Gasteiger partial charge on any atom is -0.462 e. The largest absolute Gasteiger partial charge is 0.462 e. The molecule has 0 aliphatic carbocycles. The Balaban J connectivity index is 2.95. The summed E-state index contributed by atoms with van der Waals surface area (Å²) in [5.74, 6) is -1.27. The van der Waals surface area contributed by atoms with Crippen molar-refractivity contribution in [2.45, 2.75) is 13.8 Å².